The van der Waals surface area contributed by atoms with E-state index in [9.17, 15) is 4.79 Å². The molecular formula is C13H12Cl2N4O. The molecule has 1 N–H and O–H groups in total. The standard InChI is InChI=1S/C13H11ClN4O.ClH/c1-9-6-12(19)13-17(15-8-18(13)16-9)7-10-4-2-3-5-11(10)14;/h2-6,8H,7H2,1H3;1H. The quantitative estimate of drug-likeness (QED) is 0.575. The maximum absolute atomic E-state index is 12.0. The average Bonchev–Trinajstić information content (AvgIpc) is 2.75. The Bertz CT molecular complexity index is 809. The van der Waals surface area contributed by atoms with Gasteiger partial charge in [-0.05, 0) is 13.0 Å². The van der Waals surface area contributed by atoms with Gasteiger partial charge in [-0.25, -0.2) is 5.10 Å². The number of H-pyrrole nitrogens is 1. The van der Waals surface area contributed by atoms with Crippen molar-refractivity contribution in [3.63, 3.8) is 0 Å². The molecule has 2 heterocycles. The van der Waals surface area contributed by atoms with E-state index >= 15 is 0 Å². The zero-order valence-corrected chi connectivity index (χ0v) is 12.2. The van der Waals surface area contributed by atoms with Crippen molar-refractivity contribution >= 4 is 17.2 Å². The Balaban J connectivity index is 0.00000147. The first kappa shape index (κ1) is 14.6. The molecule has 5 nitrogen and oxygen atoms in total. The first-order valence-corrected chi connectivity index (χ1v) is 6.23. The van der Waals surface area contributed by atoms with Crippen LogP contribution in [0.15, 0.2) is 41.5 Å². The van der Waals surface area contributed by atoms with E-state index in [2.05, 4.69) is 10.2 Å². The summed E-state index contributed by atoms with van der Waals surface area (Å²) in [6, 6.07) is 9.08. The number of fused-ring (bicyclic) bond motifs is 1. The van der Waals surface area contributed by atoms with E-state index in [0.29, 0.717) is 17.2 Å². The Labute approximate surface area is 126 Å². The van der Waals surface area contributed by atoms with Crippen LogP contribution in [0, 0.1) is 6.92 Å². The van der Waals surface area contributed by atoms with Gasteiger partial charge in [-0.3, -0.25) is 4.79 Å². The lowest BCUT2D eigenvalue weighted by Gasteiger charge is -1.99. The number of halogens is 2. The van der Waals surface area contributed by atoms with Crippen LogP contribution in [0.2, 0.25) is 5.02 Å². The minimum Gasteiger partial charge on any atom is -1.00 e. The highest BCUT2D eigenvalue weighted by Gasteiger charge is 2.17. The number of nitrogens with zero attached hydrogens (tertiary/aromatic N) is 3. The predicted octanol–water partition coefficient (Wildman–Crippen LogP) is -1.68. The summed E-state index contributed by atoms with van der Waals surface area (Å²) in [5.41, 5.74) is 2.14. The first-order chi connectivity index (χ1) is 9.15. The monoisotopic (exact) mass is 310 g/mol. The van der Waals surface area contributed by atoms with E-state index in [0.717, 1.165) is 11.3 Å². The van der Waals surface area contributed by atoms with Crippen LogP contribution < -0.4 is 22.4 Å². The highest BCUT2D eigenvalue weighted by molar-refractivity contribution is 6.31. The normalized spacial score (nSPS) is 10.5. The van der Waals surface area contributed by atoms with Crippen molar-refractivity contribution in [2.75, 3.05) is 0 Å². The number of rotatable bonds is 2. The Kier molecular flexibility index (Phi) is 4.11. The van der Waals surface area contributed by atoms with Gasteiger partial charge < -0.3 is 12.4 Å². The lowest BCUT2D eigenvalue weighted by atomic mass is 10.2. The molecule has 0 aliphatic rings. The molecule has 3 aromatic rings. The summed E-state index contributed by atoms with van der Waals surface area (Å²) in [6.45, 7) is 2.29. The second kappa shape index (κ2) is 5.64. The van der Waals surface area contributed by atoms with Gasteiger partial charge >= 0.3 is 5.65 Å². The van der Waals surface area contributed by atoms with E-state index in [4.69, 9.17) is 11.6 Å². The van der Waals surface area contributed by atoms with Gasteiger partial charge in [0.05, 0.1) is 0 Å². The Morgan fingerprint density at radius 3 is 2.90 bits per heavy atom. The molecule has 3 rings (SSSR count). The summed E-state index contributed by atoms with van der Waals surface area (Å²) < 4.78 is 3.26. The summed E-state index contributed by atoms with van der Waals surface area (Å²) in [4.78, 5) is 12.0. The summed E-state index contributed by atoms with van der Waals surface area (Å²) in [5, 5.41) is 7.94. The molecule has 0 saturated heterocycles. The van der Waals surface area contributed by atoms with Gasteiger partial charge in [0.1, 0.15) is 6.54 Å². The molecule has 0 bridgehead atoms. The SMILES string of the molecule is Cc1cc(=O)c2n(Cc3ccccc3Cl)nc[n+]2[nH]1.[Cl-]. The van der Waals surface area contributed by atoms with Gasteiger partial charge in [0.2, 0.25) is 0 Å². The van der Waals surface area contributed by atoms with Crippen molar-refractivity contribution < 1.29 is 16.9 Å². The van der Waals surface area contributed by atoms with Crippen molar-refractivity contribution in [1.82, 2.24) is 14.9 Å². The lowest BCUT2D eigenvalue weighted by Crippen LogP contribution is -3.00. The largest absolute Gasteiger partial charge is 1.00 e. The second-order valence-corrected chi connectivity index (χ2v) is 4.78. The Morgan fingerprint density at radius 1 is 1.40 bits per heavy atom. The fourth-order valence-corrected chi connectivity index (χ4v) is 2.26. The molecule has 0 amide bonds. The molecular weight excluding hydrogens is 299 g/mol. The molecule has 0 saturated carbocycles. The number of nitrogens with one attached hydrogen (secondary N) is 1. The topological polar surface area (TPSA) is 54.8 Å². The number of hydrogen-bond acceptors (Lipinski definition) is 2. The minimum absolute atomic E-state index is 0. The molecule has 0 fully saturated rings. The van der Waals surface area contributed by atoms with Crippen molar-refractivity contribution in [3.05, 3.63) is 63.2 Å². The van der Waals surface area contributed by atoms with E-state index in [1.54, 1.807) is 21.6 Å². The van der Waals surface area contributed by atoms with E-state index in [-0.39, 0.29) is 17.8 Å². The third-order valence-corrected chi connectivity index (χ3v) is 3.29. The molecule has 0 radical (unpaired) electrons. The van der Waals surface area contributed by atoms with Crippen molar-refractivity contribution in [3.8, 4) is 0 Å². The number of benzene rings is 1. The molecule has 0 aliphatic heterocycles. The second-order valence-electron chi connectivity index (χ2n) is 4.38. The van der Waals surface area contributed by atoms with Crippen molar-refractivity contribution in [2.24, 2.45) is 0 Å². The first-order valence-electron chi connectivity index (χ1n) is 5.85. The van der Waals surface area contributed by atoms with Crippen LogP contribution in [0.3, 0.4) is 0 Å². The molecule has 0 unspecified atom stereocenters. The minimum atomic E-state index is -0.0687. The van der Waals surface area contributed by atoms with Crippen LogP contribution >= 0.6 is 11.6 Å². The molecule has 7 heteroatoms. The van der Waals surface area contributed by atoms with Crippen LogP contribution in [0.4, 0.5) is 0 Å². The number of hydrogen-bond donors (Lipinski definition) is 1. The van der Waals surface area contributed by atoms with Gasteiger partial charge in [0.25, 0.3) is 11.8 Å². The number of aryl methyl sites for hydroxylation is 1. The van der Waals surface area contributed by atoms with Crippen LogP contribution in [0.5, 0.6) is 0 Å². The van der Waals surface area contributed by atoms with Crippen LogP contribution in [-0.4, -0.2) is 14.9 Å². The van der Waals surface area contributed by atoms with Gasteiger partial charge in [-0.1, -0.05) is 34.5 Å². The summed E-state index contributed by atoms with van der Waals surface area (Å²) in [7, 11) is 0. The Hall–Kier alpha value is -1.85. The third kappa shape index (κ3) is 2.55. The van der Waals surface area contributed by atoms with Crippen LogP contribution in [0.1, 0.15) is 11.3 Å². The van der Waals surface area contributed by atoms with Crippen LogP contribution in [0.25, 0.3) is 5.65 Å². The highest BCUT2D eigenvalue weighted by atomic mass is 35.5. The van der Waals surface area contributed by atoms with Crippen molar-refractivity contribution in [1.29, 1.82) is 0 Å². The van der Waals surface area contributed by atoms with Gasteiger partial charge in [0, 0.05) is 27.4 Å². The van der Waals surface area contributed by atoms with E-state index < -0.39 is 0 Å². The smallest absolute Gasteiger partial charge is 0.331 e. The van der Waals surface area contributed by atoms with Gasteiger partial charge in [0.15, 0.2) is 0 Å². The lowest BCUT2D eigenvalue weighted by molar-refractivity contribution is -0.582. The van der Waals surface area contributed by atoms with Gasteiger partial charge in [-0.2, -0.15) is 0 Å². The molecule has 1 aromatic carbocycles. The van der Waals surface area contributed by atoms with Crippen LogP contribution in [-0.2, 0) is 6.54 Å². The summed E-state index contributed by atoms with van der Waals surface area (Å²) in [5.74, 6) is 0. The maximum Gasteiger partial charge on any atom is 0.331 e. The molecule has 0 spiro atoms. The molecule has 104 valence electrons. The fraction of sp³-hybridized carbons (Fsp3) is 0.154. The zero-order valence-electron chi connectivity index (χ0n) is 10.7. The fourth-order valence-electron chi connectivity index (χ4n) is 2.06. The number of aromatic amines is 1. The Morgan fingerprint density at radius 2 is 2.15 bits per heavy atom. The average molecular weight is 311 g/mol. The van der Waals surface area contributed by atoms with E-state index in [1.807, 2.05) is 31.2 Å². The third-order valence-electron chi connectivity index (χ3n) is 2.92. The number of aromatic nitrogens is 4. The maximum atomic E-state index is 12.0. The highest BCUT2D eigenvalue weighted by Crippen LogP contribution is 2.15. The zero-order chi connectivity index (χ0) is 13.4. The molecule has 0 aliphatic carbocycles. The van der Waals surface area contributed by atoms with Gasteiger partial charge in [-0.15, -0.1) is 4.52 Å². The molecule has 0 atom stereocenters. The van der Waals surface area contributed by atoms with Crippen molar-refractivity contribution in [2.45, 2.75) is 13.5 Å². The summed E-state index contributed by atoms with van der Waals surface area (Å²) >= 11 is 6.12. The summed E-state index contributed by atoms with van der Waals surface area (Å²) in [6.07, 6.45) is 1.58. The predicted molar refractivity (Wildman–Crippen MR) is 71.3 cm³/mol. The molecule has 2 aromatic heterocycles. The molecule has 20 heavy (non-hydrogen) atoms. The van der Waals surface area contributed by atoms with E-state index in [1.165, 1.54) is 0 Å².